The van der Waals surface area contributed by atoms with E-state index in [1.54, 1.807) is 5.57 Å². The fourth-order valence-corrected chi connectivity index (χ4v) is 7.85. The van der Waals surface area contributed by atoms with Gasteiger partial charge in [0.15, 0.2) is 5.79 Å². The number of fused-ring (bicyclic) bond motifs is 6. The Bertz CT molecular complexity index is 663. The Labute approximate surface area is 163 Å². The molecular formula is C23H34O4. The Morgan fingerprint density at radius 3 is 2.56 bits per heavy atom. The highest BCUT2D eigenvalue weighted by atomic mass is 16.7. The van der Waals surface area contributed by atoms with Crippen molar-refractivity contribution in [3.8, 4) is 0 Å². The molecule has 0 radical (unpaired) electrons. The summed E-state index contributed by atoms with van der Waals surface area (Å²) in [5.41, 5.74) is 2.01. The summed E-state index contributed by atoms with van der Waals surface area (Å²) >= 11 is 0. The van der Waals surface area contributed by atoms with E-state index < -0.39 is 0 Å². The summed E-state index contributed by atoms with van der Waals surface area (Å²) in [5.74, 6) is 1.76. The minimum Gasteiger partial charge on any atom is -0.462 e. The third-order valence-corrected chi connectivity index (χ3v) is 9.19. The topological polar surface area (TPSA) is 44.8 Å². The molecule has 6 unspecified atom stereocenters. The van der Waals surface area contributed by atoms with Gasteiger partial charge in [0, 0.05) is 25.2 Å². The van der Waals surface area contributed by atoms with Gasteiger partial charge in [-0.15, -0.1) is 0 Å². The van der Waals surface area contributed by atoms with E-state index in [1.165, 1.54) is 32.6 Å². The first-order valence-corrected chi connectivity index (χ1v) is 11.0. The summed E-state index contributed by atoms with van der Waals surface area (Å²) in [6, 6.07) is 0. The van der Waals surface area contributed by atoms with Crippen LogP contribution in [0.25, 0.3) is 0 Å². The lowest BCUT2D eigenvalue weighted by Crippen LogP contribution is -2.55. The second kappa shape index (κ2) is 6.06. The molecule has 3 saturated carbocycles. The quantitative estimate of drug-likeness (QED) is 0.496. The molecule has 6 atom stereocenters. The van der Waals surface area contributed by atoms with Gasteiger partial charge in [0.1, 0.15) is 6.10 Å². The minimum absolute atomic E-state index is 0.0854. The van der Waals surface area contributed by atoms with E-state index in [9.17, 15) is 4.79 Å². The van der Waals surface area contributed by atoms with E-state index in [2.05, 4.69) is 19.9 Å². The summed E-state index contributed by atoms with van der Waals surface area (Å²) in [7, 11) is 0. The van der Waals surface area contributed by atoms with Gasteiger partial charge in [-0.25, -0.2) is 0 Å². The number of hydrogen-bond donors (Lipinski definition) is 0. The van der Waals surface area contributed by atoms with Gasteiger partial charge in [0.25, 0.3) is 0 Å². The molecule has 0 N–H and O–H groups in total. The Hall–Kier alpha value is -0.870. The van der Waals surface area contributed by atoms with Crippen LogP contribution in [0.3, 0.4) is 0 Å². The number of allylic oxidation sites excluding steroid dienone is 1. The third-order valence-electron chi connectivity index (χ3n) is 9.19. The van der Waals surface area contributed by atoms with Crippen LogP contribution in [0.15, 0.2) is 11.6 Å². The van der Waals surface area contributed by atoms with Gasteiger partial charge in [0.2, 0.25) is 0 Å². The van der Waals surface area contributed by atoms with Gasteiger partial charge in [0.05, 0.1) is 13.2 Å². The van der Waals surface area contributed by atoms with Crippen molar-refractivity contribution in [3.63, 3.8) is 0 Å². The maximum absolute atomic E-state index is 11.4. The molecule has 1 aliphatic heterocycles. The molecular weight excluding hydrogens is 340 g/mol. The number of hydrogen-bond acceptors (Lipinski definition) is 4. The average Bonchev–Trinajstić information content (AvgIpc) is 3.21. The van der Waals surface area contributed by atoms with Crippen molar-refractivity contribution in [3.05, 3.63) is 11.6 Å². The normalized spacial score (nSPS) is 47.7. The minimum atomic E-state index is -0.305. The standard InChI is InChI=1S/C23H34O4/c1-15(24)27-17-6-9-21(2)16(14-17)4-5-18-19(21)7-10-22(3)20(18)8-11-23(22)25-12-13-26-23/h4,17-20H,5-14H2,1-3H3. The van der Waals surface area contributed by atoms with Gasteiger partial charge in [-0.05, 0) is 61.7 Å². The van der Waals surface area contributed by atoms with Crippen molar-refractivity contribution in [2.45, 2.75) is 84.0 Å². The summed E-state index contributed by atoms with van der Waals surface area (Å²) in [6.07, 6.45) is 11.7. The van der Waals surface area contributed by atoms with Crippen LogP contribution in [-0.4, -0.2) is 31.1 Å². The Balaban J connectivity index is 1.41. The van der Waals surface area contributed by atoms with Crippen molar-refractivity contribution in [1.82, 2.24) is 0 Å². The lowest BCUT2D eigenvalue weighted by Gasteiger charge is -2.58. The van der Waals surface area contributed by atoms with Crippen molar-refractivity contribution >= 4 is 5.97 Å². The molecule has 1 heterocycles. The first-order chi connectivity index (χ1) is 12.9. The summed E-state index contributed by atoms with van der Waals surface area (Å²) < 4.78 is 18.1. The number of carbonyl (C=O) groups excluding carboxylic acids is 1. The van der Waals surface area contributed by atoms with Crippen LogP contribution in [0.5, 0.6) is 0 Å². The molecule has 0 aromatic heterocycles. The molecule has 4 aliphatic carbocycles. The van der Waals surface area contributed by atoms with E-state index >= 15 is 0 Å². The predicted octanol–water partition coefficient (Wildman–Crippen LogP) is 4.62. The van der Waals surface area contributed by atoms with Crippen LogP contribution in [0, 0.1) is 28.6 Å². The third kappa shape index (κ3) is 2.45. The van der Waals surface area contributed by atoms with E-state index in [0.29, 0.717) is 5.92 Å². The fourth-order valence-electron chi connectivity index (χ4n) is 7.85. The molecule has 1 spiro atoms. The number of esters is 1. The molecule has 1 saturated heterocycles. The number of rotatable bonds is 1. The molecule has 5 aliphatic rings. The summed E-state index contributed by atoms with van der Waals surface area (Å²) in [6.45, 7) is 8.00. The van der Waals surface area contributed by atoms with Gasteiger partial charge >= 0.3 is 5.97 Å². The van der Waals surface area contributed by atoms with Gasteiger partial charge < -0.3 is 14.2 Å². The van der Waals surface area contributed by atoms with Crippen molar-refractivity contribution in [2.75, 3.05) is 13.2 Å². The molecule has 4 nitrogen and oxygen atoms in total. The van der Waals surface area contributed by atoms with Gasteiger partial charge in [-0.2, -0.15) is 0 Å². The van der Waals surface area contributed by atoms with Crippen LogP contribution in [0.1, 0.15) is 72.1 Å². The summed E-state index contributed by atoms with van der Waals surface area (Å²) in [4.78, 5) is 11.4. The average molecular weight is 375 g/mol. The SMILES string of the molecule is CC(=O)OC1CCC2(C)C(=CCC3C2CCC2(C)C3CCC23OCCO3)C1. The Morgan fingerprint density at radius 2 is 1.81 bits per heavy atom. The van der Waals surface area contributed by atoms with Crippen LogP contribution in [0.2, 0.25) is 0 Å². The van der Waals surface area contributed by atoms with Crippen LogP contribution < -0.4 is 0 Å². The van der Waals surface area contributed by atoms with Crippen LogP contribution in [-0.2, 0) is 19.0 Å². The zero-order valence-corrected chi connectivity index (χ0v) is 17.1. The Morgan fingerprint density at radius 1 is 1.07 bits per heavy atom. The van der Waals surface area contributed by atoms with Gasteiger partial charge in [-0.3, -0.25) is 4.79 Å². The highest BCUT2D eigenvalue weighted by Gasteiger charge is 2.66. The number of carbonyl (C=O) groups is 1. The fraction of sp³-hybridized carbons (Fsp3) is 0.870. The zero-order valence-electron chi connectivity index (χ0n) is 17.1. The van der Waals surface area contributed by atoms with E-state index in [4.69, 9.17) is 14.2 Å². The second-order valence-corrected chi connectivity index (χ2v) is 10.2. The van der Waals surface area contributed by atoms with Crippen molar-refractivity contribution < 1.29 is 19.0 Å². The molecule has 0 aromatic carbocycles. The molecule has 150 valence electrons. The highest BCUT2D eigenvalue weighted by molar-refractivity contribution is 5.66. The van der Waals surface area contributed by atoms with E-state index in [-0.39, 0.29) is 28.7 Å². The molecule has 0 bridgehead atoms. The number of ether oxygens (including phenoxy) is 3. The maximum Gasteiger partial charge on any atom is 0.302 e. The van der Waals surface area contributed by atoms with E-state index in [1.807, 2.05) is 0 Å². The maximum atomic E-state index is 11.4. The molecule has 27 heavy (non-hydrogen) atoms. The summed E-state index contributed by atoms with van der Waals surface area (Å²) in [5, 5.41) is 0. The second-order valence-electron chi connectivity index (χ2n) is 10.2. The smallest absolute Gasteiger partial charge is 0.302 e. The Kier molecular flexibility index (Phi) is 4.08. The first-order valence-electron chi connectivity index (χ1n) is 11.0. The monoisotopic (exact) mass is 374 g/mol. The first kappa shape index (κ1) is 18.2. The lowest BCUT2D eigenvalue weighted by atomic mass is 9.47. The van der Waals surface area contributed by atoms with Gasteiger partial charge in [-0.1, -0.05) is 25.5 Å². The molecule has 5 rings (SSSR count). The highest BCUT2D eigenvalue weighted by Crippen LogP contribution is 2.68. The molecule has 4 fully saturated rings. The van der Waals surface area contributed by atoms with Crippen LogP contribution in [0.4, 0.5) is 0 Å². The van der Waals surface area contributed by atoms with E-state index in [0.717, 1.165) is 50.7 Å². The van der Waals surface area contributed by atoms with Crippen molar-refractivity contribution in [1.29, 1.82) is 0 Å². The van der Waals surface area contributed by atoms with Crippen molar-refractivity contribution in [2.24, 2.45) is 28.6 Å². The zero-order chi connectivity index (χ0) is 18.9. The molecule has 0 amide bonds. The van der Waals surface area contributed by atoms with Crippen LogP contribution >= 0.6 is 0 Å². The predicted molar refractivity (Wildman–Crippen MR) is 102 cm³/mol. The lowest BCUT2D eigenvalue weighted by molar-refractivity contribution is -0.242. The molecule has 4 heteroatoms. The largest absolute Gasteiger partial charge is 0.462 e. The molecule has 0 aromatic rings.